The van der Waals surface area contributed by atoms with E-state index in [-0.39, 0.29) is 5.82 Å². The first-order chi connectivity index (χ1) is 9.97. The molecule has 1 heterocycles. The molecule has 0 fully saturated rings. The van der Waals surface area contributed by atoms with Crippen LogP contribution in [0.1, 0.15) is 16.5 Å². The minimum Gasteiger partial charge on any atom is -0.408 e. The maximum Gasteiger partial charge on any atom is 0.419 e. The lowest BCUT2D eigenvalue weighted by Crippen LogP contribution is -2.08. The topological polar surface area (TPSA) is 35.1 Å². The van der Waals surface area contributed by atoms with Gasteiger partial charge >= 0.3 is 5.76 Å². The Morgan fingerprint density at radius 2 is 1.90 bits per heavy atom. The van der Waals surface area contributed by atoms with Crippen molar-refractivity contribution in [1.29, 1.82) is 0 Å². The molecule has 0 radical (unpaired) electrons. The van der Waals surface area contributed by atoms with Gasteiger partial charge in [-0.25, -0.2) is 9.18 Å². The first-order valence-electron chi connectivity index (χ1n) is 6.16. The molecular formula is C15H10BrClFNO2. The molecule has 6 heteroatoms. The van der Waals surface area contributed by atoms with Crippen molar-refractivity contribution >= 4 is 38.6 Å². The average Bonchev–Trinajstić information content (AvgIpc) is 2.76. The summed E-state index contributed by atoms with van der Waals surface area (Å²) in [5, 5.41) is -0.461. The molecule has 3 nitrogen and oxygen atoms in total. The van der Waals surface area contributed by atoms with E-state index in [2.05, 4.69) is 15.9 Å². The predicted octanol–water partition coefficient (Wildman–Crippen LogP) is 4.36. The number of hydrogen-bond donors (Lipinski definition) is 0. The highest BCUT2D eigenvalue weighted by Crippen LogP contribution is 2.32. The zero-order chi connectivity index (χ0) is 15.1. The minimum absolute atomic E-state index is 0.341. The summed E-state index contributed by atoms with van der Waals surface area (Å²) in [6.45, 7) is 0. The molecule has 0 N–H and O–H groups in total. The van der Waals surface area contributed by atoms with Gasteiger partial charge in [0.05, 0.1) is 15.4 Å². The summed E-state index contributed by atoms with van der Waals surface area (Å²) < 4.78 is 20.2. The summed E-state index contributed by atoms with van der Waals surface area (Å²) in [5.74, 6) is -0.759. The standard InChI is InChI=1S/C15H10BrClFNO2/c1-19-12-5-3-9(7-13(12)21-15(19)20)14(17)8-2-4-11(18)10(16)6-8/h2-7,14H,1H3. The Hall–Kier alpha value is -1.59. The molecule has 0 aliphatic rings. The first kappa shape index (κ1) is 14.4. The summed E-state index contributed by atoms with van der Waals surface area (Å²) in [4.78, 5) is 11.5. The number of nitrogens with zero attached hydrogens (tertiary/aromatic N) is 1. The van der Waals surface area contributed by atoms with E-state index in [0.29, 0.717) is 15.6 Å². The molecule has 3 aromatic rings. The molecule has 21 heavy (non-hydrogen) atoms. The normalized spacial score (nSPS) is 12.8. The minimum atomic E-state index is -0.461. The lowest BCUT2D eigenvalue weighted by molar-refractivity contribution is 0.528. The highest BCUT2D eigenvalue weighted by atomic mass is 79.9. The smallest absolute Gasteiger partial charge is 0.408 e. The molecule has 108 valence electrons. The molecular weight excluding hydrogens is 361 g/mol. The fraction of sp³-hybridized carbons (Fsp3) is 0.133. The van der Waals surface area contributed by atoms with Gasteiger partial charge in [0.15, 0.2) is 5.58 Å². The van der Waals surface area contributed by atoms with Crippen LogP contribution in [0.2, 0.25) is 0 Å². The van der Waals surface area contributed by atoms with Gasteiger partial charge in [-0.1, -0.05) is 12.1 Å². The monoisotopic (exact) mass is 369 g/mol. The molecule has 0 aliphatic carbocycles. The summed E-state index contributed by atoms with van der Waals surface area (Å²) in [6.07, 6.45) is 0. The van der Waals surface area contributed by atoms with Crippen LogP contribution in [0.3, 0.4) is 0 Å². The van der Waals surface area contributed by atoms with Crippen LogP contribution in [0, 0.1) is 5.82 Å². The maximum absolute atomic E-state index is 13.3. The van der Waals surface area contributed by atoms with E-state index >= 15 is 0 Å². The van der Waals surface area contributed by atoms with Crippen molar-refractivity contribution < 1.29 is 8.81 Å². The SMILES string of the molecule is Cn1c(=O)oc2cc(C(Cl)c3ccc(F)c(Br)c3)ccc21. The molecule has 1 atom stereocenters. The summed E-state index contributed by atoms with van der Waals surface area (Å²) in [7, 11) is 1.64. The third-order valence-corrected chi connectivity index (χ3v) is 4.46. The van der Waals surface area contributed by atoms with Gasteiger partial charge in [0.1, 0.15) is 5.82 Å². The number of fused-ring (bicyclic) bond motifs is 1. The number of alkyl halides is 1. The van der Waals surface area contributed by atoms with Gasteiger partial charge in [0.25, 0.3) is 0 Å². The second kappa shape index (κ2) is 5.31. The molecule has 0 aliphatic heterocycles. The lowest BCUT2D eigenvalue weighted by atomic mass is 10.0. The highest BCUT2D eigenvalue weighted by molar-refractivity contribution is 9.10. The van der Waals surface area contributed by atoms with Crippen LogP contribution in [0.15, 0.2) is 50.1 Å². The van der Waals surface area contributed by atoms with E-state index in [9.17, 15) is 9.18 Å². The summed E-state index contributed by atoms with van der Waals surface area (Å²) in [6, 6.07) is 9.96. The van der Waals surface area contributed by atoms with E-state index in [1.807, 2.05) is 6.07 Å². The predicted molar refractivity (Wildman–Crippen MR) is 83.3 cm³/mol. The van der Waals surface area contributed by atoms with Gasteiger partial charge < -0.3 is 4.42 Å². The fourth-order valence-electron chi connectivity index (χ4n) is 2.17. The van der Waals surface area contributed by atoms with Crippen molar-refractivity contribution in [1.82, 2.24) is 4.57 Å². The molecule has 1 unspecified atom stereocenters. The Morgan fingerprint density at radius 1 is 1.24 bits per heavy atom. The quantitative estimate of drug-likeness (QED) is 0.628. The average molecular weight is 371 g/mol. The third kappa shape index (κ3) is 2.51. The van der Waals surface area contributed by atoms with Crippen molar-refractivity contribution in [3.63, 3.8) is 0 Å². The van der Waals surface area contributed by atoms with Crippen molar-refractivity contribution in [3.8, 4) is 0 Å². The van der Waals surface area contributed by atoms with Crippen molar-refractivity contribution in [3.05, 3.63) is 68.4 Å². The number of benzene rings is 2. The van der Waals surface area contributed by atoms with Gasteiger partial charge in [-0.05, 0) is 51.3 Å². The van der Waals surface area contributed by atoms with Crippen molar-refractivity contribution in [2.45, 2.75) is 5.38 Å². The second-order valence-electron chi connectivity index (χ2n) is 4.69. The van der Waals surface area contributed by atoms with Crippen LogP contribution in [0.25, 0.3) is 11.1 Å². The van der Waals surface area contributed by atoms with Gasteiger partial charge in [0, 0.05) is 7.05 Å². The molecule has 0 spiro atoms. The van der Waals surface area contributed by atoms with Gasteiger partial charge in [-0.3, -0.25) is 4.57 Å². The van der Waals surface area contributed by atoms with Crippen LogP contribution in [-0.4, -0.2) is 4.57 Å². The van der Waals surface area contributed by atoms with Crippen LogP contribution in [0.5, 0.6) is 0 Å². The van der Waals surface area contributed by atoms with E-state index in [0.717, 1.165) is 11.1 Å². The van der Waals surface area contributed by atoms with Crippen molar-refractivity contribution in [2.75, 3.05) is 0 Å². The van der Waals surface area contributed by atoms with Gasteiger partial charge in [0.2, 0.25) is 0 Å². The first-order valence-corrected chi connectivity index (χ1v) is 7.39. The second-order valence-corrected chi connectivity index (χ2v) is 5.98. The Labute approximate surface area is 133 Å². The summed E-state index contributed by atoms with van der Waals surface area (Å²) in [5.41, 5.74) is 2.71. The molecule has 0 bridgehead atoms. The zero-order valence-corrected chi connectivity index (χ0v) is 13.3. The van der Waals surface area contributed by atoms with Gasteiger partial charge in [-0.2, -0.15) is 0 Å². The Balaban J connectivity index is 2.06. The molecule has 2 aromatic carbocycles. The van der Waals surface area contributed by atoms with E-state index < -0.39 is 11.1 Å². The van der Waals surface area contributed by atoms with E-state index in [1.54, 1.807) is 31.3 Å². The number of oxazole rings is 1. The van der Waals surface area contributed by atoms with Gasteiger partial charge in [-0.15, -0.1) is 11.6 Å². The molecule has 0 amide bonds. The number of rotatable bonds is 2. The number of aromatic nitrogens is 1. The molecule has 1 aromatic heterocycles. The Bertz CT molecular complexity index is 887. The van der Waals surface area contributed by atoms with Crippen LogP contribution >= 0.6 is 27.5 Å². The third-order valence-electron chi connectivity index (χ3n) is 3.35. The lowest BCUT2D eigenvalue weighted by Gasteiger charge is -2.11. The molecule has 0 saturated heterocycles. The number of aryl methyl sites for hydroxylation is 1. The zero-order valence-electron chi connectivity index (χ0n) is 10.9. The highest BCUT2D eigenvalue weighted by Gasteiger charge is 2.15. The Kier molecular flexibility index (Phi) is 3.63. The number of hydrogen-bond acceptors (Lipinski definition) is 2. The molecule has 3 rings (SSSR count). The fourth-order valence-corrected chi connectivity index (χ4v) is 2.84. The van der Waals surface area contributed by atoms with Crippen LogP contribution in [0.4, 0.5) is 4.39 Å². The van der Waals surface area contributed by atoms with Crippen LogP contribution < -0.4 is 5.76 Å². The van der Waals surface area contributed by atoms with Crippen LogP contribution in [-0.2, 0) is 7.05 Å². The largest absolute Gasteiger partial charge is 0.419 e. The van der Waals surface area contributed by atoms with E-state index in [4.69, 9.17) is 16.0 Å². The maximum atomic E-state index is 13.3. The molecule has 0 saturated carbocycles. The Morgan fingerprint density at radius 3 is 2.62 bits per heavy atom. The number of halogens is 3. The van der Waals surface area contributed by atoms with Crippen molar-refractivity contribution in [2.24, 2.45) is 7.05 Å². The summed E-state index contributed by atoms with van der Waals surface area (Å²) >= 11 is 9.58. The van der Waals surface area contributed by atoms with E-state index in [1.165, 1.54) is 10.6 Å².